The Labute approximate surface area is 244 Å². The molecule has 9 nitrogen and oxygen atoms in total. The van der Waals surface area contributed by atoms with E-state index in [2.05, 4.69) is 43.4 Å². The molecule has 0 saturated carbocycles. The molecule has 4 aromatic rings. The molecule has 0 spiro atoms. The molecule has 1 atom stereocenters. The number of nitrogens with zero attached hydrogens (tertiary/aromatic N) is 2. The number of halogens is 3. The monoisotopic (exact) mass is 601 g/mol. The molecule has 0 bridgehead atoms. The molecule has 2 aromatic carbocycles. The molecule has 0 aliphatic rings. The molecular formula is C29H30F3N5O4S. The van der Waals surface area contributed by atoms with Gasteiger partial charge in [-0.1, -0.05) is 36.4 Å². The van der Waals surface area contributed by atoms with Gasteiger partial charge in [-0.2, -0.15) is 18.2 Å². The molecule has 0 radical (unpaired) electrons. The highest BCUT2D eigenvalue weighted by Crippen LogP contribution is 2.18. The minimum Gasteiger partial charge on any atom is -0.497 e. The van der Waals surface area contributed by atoms with Crippen LogP contribution in [0.2, 0.25) is 0 Å². The van der Waals surface area contributed by atoms with Crippen LogP contribution >= 0.6 is 11.3 Å². The fourth-order valence-electron chi connectivity index (χ4n) is 3.62. The summed E-state index contributed by atoms with van der Waals surface area (Å²) < 4.78 is 36.9. The average Bonchev–Trinajstić information content (AvgIpc) is 3.47. The molecule has 13 heteroatoms. The second kappa shape index (κ2) is 15.4. The van der Waals surface area contributed by atoms with Gasteiger partial charge in [0.2, 0.25) is 11.9 Å². The third kappa shape index (κ3) is 10.7. The van der Waals surface area contributed by atoms with Crippen molar-refractivity contribution in [2.45, 2.75) is 32.0 Å². The number of aliphatic carboxylic acids is 1. The number of thiophene rings is 1. The number of benzene rings is 2. The van der Waals surface area contributed by atoms with Crippen molar-refractivity contribution in [3.05, 3.63) is 94.3 Å². The number of hydrogen-bond donors (Lipinski definition) is 4. The summed E-state index contributed by atoms with van der Waals surface area (Å²) in [7, 11) is 1.61. The fraction of sp³-hybridized carbons (Fsp3) is 0.241. The van der Waals surface area contributed by atoms with E-state index in [1.165, 1.54) is 4.88 Å². The summed E-state index contributed by atoms with van der Waals surface area (Å²) in [5.74, 6) is -1.03. The van der Waals surface area contributed by atoms with Gasteiger partial charge in [0.05, 0.1) is 7.11 Å². The van der Waals surface area contributed by atoms with E-state index in [1.807, 2.05) is 67.6 Å². The van der Waals surface area contributed by atoms with E-state index in [0.717, 1.165) is 30.0 Å². The molecule has 2 heterocycles. The first kappa shape index (κ1) is 31.9. The van der Waals surface area contributed by atoms with Crippen LogP contribution in [0.15, 0.2) is 78.2 Å². The van der Waals surface area contributed by atoms with Gasteiger partial charge in [-0.3, -0.25) is 4.79 Å². The zero-order valence-corrected chi connectivity index (χ0v) is 23.6. The van der Waals surface area contributed by atoms with Crippen LogP contribution in [0.5, 0.6) is 5.75 Å². The van der Waals surface area contributed by atoms with Gasteiger partial charge in [-0.25, -0.2) is 9.78 Å². The summed E-state index contributed by atoms with van der Waals surface area (Å²) in [6.45, 7) is 2.65. The van der Waals surface area contributed by atoms with E-state index < -0.39 is 18.2 Å². The number of amides is 1. The first-order valence-corrected chi connectivity index (χ1v) is 13.6. The molecular weight excluding hydrogens is 571 g/mol. The number of alkyl halides is 3. The average molecular weight is 602 g/mol. The Balaban J connectivity index is 0.000000616. The Morgan fingerprint density at radius 3 is 2.31 bits per heavy atom. The molecule has 0 unspecified atom stereocenters. The van der Waals surface area contributed by atoms with Crippen molar-refractivity contribution in [2.75, 3.05) is 29.6 Å². The molecule has 222 valence electrons. The van der Waals surface area contributed by atoms with E-state index in [-0.39, 0.29) is 5.91 Å². The Morgan fingerprint density at radius 1 is 1.02 bits per heavy atom. The number of methoxy groups -OCH3 is 1. The van der Waals surface area contributed by atoms with Gasteiger partial charge < -0.3 is 25.8 Å². The molecule has 42 heavy (non-hydrogen) atoms. The van der Waals surface area contributed by atoms with Gasteiger partial charge in [0.1, 0.15) is 17.6 Å². The number of ether oxygens (including phenoxy) is 1. The standard InChI is InChI=1S/C27H29N5O2S.C2HF3O2/c1-19-17-25(32-27(29-19)28-15-14-23-9-6-16-35-23)31-24(18-20-7-4-3-5-8-20)26(33)30-21-10-12-22(34-2)13-11-21;3-2(4,5)1(6)7/h3-13,16-17,24H,14-15,18H2,1-2H3,(H,30,33)(H2,28,29,31,32);(H,6,7)/t24-;/m0./s1. The lowest BCUT2D eigenvalue weighted by atomic mass is 10.0. The first-order valence-electron chi connectivity index (χ1n) is 12.7. The van der Waals surface area contributed by atoms with Crippen LogP contribution in [0.1, 0.15) is 16.1 Å². The number of carboxylic acids is 1. The number of carboxylic acid groups (broad SMARTS) is 1. The predicted molar refractivity (Wildman–Crippen MR) is 156 cm³/mol. The van der Waals surface area contributed by atoms with Crippen LogP contribution in [0.25, 0.3) is 0 Å². The van der Waals surface area contributed by atoms with Gasteiger partial charge >= 0.3 is 12.1 Å². The van der Waals surface area contributed by atoms with Gasteiger partial charge in [0.25, 0.3) is 0 Å². The second-order valence-electron chi connectivity index (χ2n) is 8.88. The summed E-state index contributed by atoms with van der Waals surface area (Å²) in [6, 6.07) is 22.7. The molecule has 0 saturated heterocycles. The van der Waals surface area contributed by atoms with Crippen LogP contribution < -0.4 is 20.7 Å². The van der Waals surface area contributed by atoms with Gasteiger partial charge in [0, 0.05) is 35.3 Å². The molecule has 0 aliphatic heterocycles. The lowest BCUT2D eigenvalue weighted by Gasteiger charge is -2.20. The fourth-order valence-corrected chi connectivity index (χ4v) is 4.32. The topological polar surface area (TPSA) is 125 Å². The van der Waals surface area contributed by atoms with E-state index in [9.17, 15) is 18.0 Å². The number of nitrogens with one attached hydrogen (secondary N) is 3. The Hall–Kier alpha value is -4.65. The molecule has 0 aliphatic carbocycles. The normalized spacial score (nSPS) is 11.5. The first-order chi connectivity index (χ1) is 20.0. The Kier molecular flexibility index (Phi) is 11.7. The number of rotatable bonds is 11. The summed E-state index contributed by atoms with van der Waals surface area (Å²) in [6.07, 6.45) is -3.67. The van der Waals surface area contributed by atoms with Crippen molar-refractivity contribution < 1.29 is 32.6 Å². The molecule has 4 N–H and O–H groups in total. The zero-order valence-electron chi connectivity index (χ0n) is 22.8. The summed E-state index contributed by atoms with van der Waals surface area (Å²) >= 11 is 1.73. The van der Waals surface area contributed by atoms with Gasteiger partial charge in [0.15, 0.2) is 0 Å². The summed E-state index contributed by atoms with van der Waals surface area (Å²) in [5.41, 5.74) is 2.57. The number of aromatic nitrogens is 2. The molecule has 4 rings (SSSR count). The molecule has 2 aromatic heterocycles. The van der Waals surface area contributed by atoms with Crippen LogP contribution in [0.4, 0.5) is 30.6 Å². The lowest BCUT2D eigenvalue weighted by molar-refractivity contribution is -0.192. The van der Waals surface area contributed by atoms with Crippen LogP contribution in [0.3, 0.4) is 0 Å². The number of hydrogen-bond acceptors (Lipinski definition) is 8. The van der Waals surface area contributed by atoms with Crippen LogP contribution in [-0.4, -0.2) is 52.8 Å². The maximum Gasteiger partial charge on any atom is 0.490 e. The third-order valence-electron chi connectivity index (χ3n) is 5.61. The number of carbonyl (C=O) groups excluding carboxylic acids is 1. The van der Waals surface area contributed by atoms with Gasteiger partial charge in [-0.05, 0) is 54.6 Å². The molecule has 1 amide bonds. The largest absolute Gasteiger partial charge is 0.497 e. The quantitative estimate of drug-likeness (QED) is 0.170. The SMILES string of the molecule is COc1ccc(NC(=O)[C@H](Cc2ccccc2)Nc2cc(C)nc(NCCc3cccs3)n2)cc1.O=C(O)C(F)(F)F. The highest BCUT2D eigenvalue weighted by atomic mass is 32.1. The highest BCUT2D eigenvalue weighted by Gasteiger charge is 2.38. The minimum absolute atomic E-state index is 0.150. The predicted octanol–water partition coefficient (Wildman–Crippen LogP) is 5.80. The van der Waals surface area contributed by atoms with Crippen molar-refractivity contribution in [1.82, 2.24) is 9.97 Å². The number of anilines is 3. The molecule has 0 fully saturated rings. The Bertz CT molecular complexity index is 1420. The maximum atomic E-state index is 13.3. The lowest BCUT2D eigenvalue weighted by Crippen LogP contribution is -2.37. The third-order valence-corrected chi connectivity index (χ3v) is 6.55. The van der Waals surface area contributed by atoms with E-state index in [1.54, 1.807) is 18.4 Å². The number of aryl methyl sites for hydroxylation is 1. The van der Waals surface area contributed by atoms with Crippen molar-refractivity contribution in [2.24, 2.45) is 0 Å². The zero-order chi connectivity index (χ0) is 30.5. The number of carbonyl (C=O) groups is 2. The van der Waals surface area contributed by atoms with Crippen molar-refractivity contribution in [1.29, 1.82) is 0 Å². The second-order valence-corrected chi connectivity index (χ2v) is 9.91. The minimum atomic E-state index is -5.08. The maximum absolute atomic E-state index is 13.3. The van der Waals surface area contributed by atoms with Crippen molar-refractivity contribution in [3.63, 3.8) is 0 Å². The van der Waals surface area contributed by atoms with Crippen LogP contribution in [-0.2, 0) is 22.4 Å². The summed E-state index contributed by atoms with van der Waals surface area (Å²) in [4.78, 5) is 32.6. The van der Waals surface area contributed by atoms with Crippen LogP contribution in [0, 0.1) is 6.92 Å². The van der Waals surface area contributed by atoms with E-state index in [4.69, 9.17) is 14.6 Å². The van der Waals surface area contributed by atoms with Crippen molar-refractivity contribution >= 4 is 40.7 Å². The summed E-state index contributed by atoms with van der Waals surface area (Å²) in [5, 5.41) is 18.8. The smallest absolute Gasteiger partial charge is 0.490 e. The van der Waals surface area contributed by atoms with Gasteiger partial charge in [-0.15, -0.1) is 11.3 Å². The van der Waals surface area contributed by atoms with Crippen molar-refractivity contribution in [3.8, 4) is 5.75 Å². The van der Waals surface area contributed by atoms with E-state index >= 15 is 0 Å². The highest BCUT2D eigenvalue weighted by molar-refractivity contribution is 7.09. The Morgan fingerprint density at radius 2 is 1.71 bits per heavy atom. The van der Waals surface area contributed by atoms with E-state index in [0.29, 0.717) is 23.9 Å².